The van der Waals surface area contributed by atoms with Crippen molar-refractivity contribution in [3.8, 4) is 5.75 Å². The maximum atomic E-state index is 13.6. The quantitative estimate of drug-likeness (QED) is 0.476. The van der Waals surface area contributed by atoms with Gasteiger partial charge in [0.2, 0.25) is 0 Å². The van der Waals surface area contributed by atoms with Gasteiger partial charge in [-0.15, -0.1) is 0 Å². The van der Waals surface area contributed by atoms with Gasteiger partial charge in [0.05, 0.1) is 38.5 Å². The van der Waals surface area contributed by atoms with Gasteiger partial charge in [0.25, 0.3) is 5.91 Å². The first kappa shape index (κ1) is 24.8. The molecule has 2 aromatic carbocycles. The summed E-state index contributed by atoms with van der Waals surface area (Å²) in [4.78, 5) is 28.5. The highest BCUT2D eigenvalue weighted by Gasteiger charge is 2.27. The lowest BCUT2D eigenvalue weighted by Gasteiger charge is -2.27. The number of hydrogen-bond donors (Lipinski definition) is 1. The molecule has 0 spiro atoms. The van der Waals surface area contributed by atoms with Gasteiger partial charge in [-0.2, -0.15) is 0 Å². The molecular formula is C27H33N3O5. The summed E-state index contributed by atoms with van der Waals surface area (Å²) in [5, 5.41) is 3.72. The SMILES string of the molecule is COC(=O)[C@@H](Cc1ccccc1)NC(=O)c1c(C)n(CCN2CCOCC2)c2c(OC)cccc12. The molecular weight excluding hydrogens is 446 g/mol. The van der Waals surface area contributed by atoms with Crippen molar-refractivity contribution in [2.75, 3.05) is 47.1 Å². The molecule has 1 N–H and O–H groups in total. The van der Waals surface area contributed by atoms with Crippen molar-refractivity contribution in [1.29, 1.82) is 0 Å². The summed E-state index contributed by atoms with van der Waals surface area (Å²) < 4.78 is 18.3. The molecule has 1 fully saturated rings. The number of benzene rings is 2. The van der Waals surface area contributed by atoms with Crippen molar-refractivity contribution in [3.05, 3.63) is 65.4 Å². The van der Waals surface area contributed by atoms with E-state index >= 15 is 0 Å². The molecule has 0 aliphatic carbocycles. The molecule has 1 atom stereocenters. The molecule has 1 saturated heterocycles. The zero-order valence-corrected chi connectivity index (χ0v) is 20.6. The number of fused-ring (bicyclic) bond motifs is 1. The van der Waals surface area contributed by atoms with E-state index in [4.69, 9.17) is 14.2 Å². The molecule has 1 amide bonds. The second-order valence-electron chi connectivity index (χ2n) is 8.66. The van der Waals surface area contributed by atoms with Crippen LogP contribution in [0, 0.1) is 6.92 Å². The molecule has 0 radical (unpaired) electrons. The molecule has 35 heavy (non-hydrogen) atoms. The van der Waals surface area contributed by atoms with E-state index in [9.17, 15) is 9.59 Å². The highest BCUT2D eigenvalue weighted by Crippen LogP contribution is 2.33. The maximum absolute atomic E-state index is 13.6. The van der Waals surface area contributed by atoms with Crippen LogP contribution in [0.1, 0.15) is 21.6 Å². The van der Waals surface area contributed by atoms with Gasteiger partial charge in [-0.3, -0.25) is 9.69 Å². The normalized spacial score (nSPS) is 15.1. The molecule has 1 aromatic heterocycles. The molecule has 1 aliphatic heterocycles. The first-order chi connectivity index (χ1) is 17.0. The number of carbonyl (C=O) groups is 2. The van der Waals surface area contributed by atoms with Crippen LogP contribution in [0.4, 0.5) is 0 Å². The fourth-order valence-electron chi connectivity index (χ4n) is 4.71. The average molecular weight is 480 g/mol. The van der Waals surface area contributed by atoms with Crippen LogP contribution in [0.5, 0.6) is 5.75 Å². The Bertz CT molecular complexity index is 1170. The average Bonchev–Trinajstić information content (AvgIpc) is 3.18. The van der Waals surface area contributed by atoms with Crippen molar-refractivity contribution in [2.45, 2.75) is 25.9 Å². The molecule has 4 rings (SSSR count). The third-order valence-corrected chi connectivity index (χ3v) is 6.57. The molecule has 8 heteroatoms. The Morgan fingerprint density at radius 3 is 2.46 bits per heavy atom. The molecule has 1 aliphatic rings. The molecule has 186 valence electrons. The number of ether oxygens (including phenoxy) is 3. The van der Waals surface area contributed by atoms with Gasteiger partial charge in [0.1, 0.15) is 11.8 Å². The van der Waals surface area contributed by atoms with E-state index in [1.807, 2.05) is 55.5 Å². The summed E-state index contributed by atoms with van der Waals surface area (Å²) in [5.41, 5.74) is 3.19. The number of methoxy groups -OCH3 is 2. The van der Waals surface area contributed by atoms with Gasteiger partial charge in [-0.25, -0.2) is 4.79 Å². The van der Waals surface area contributed by atoms with Crippen molar-refractivity contribution in [1.82, 2.24) is 14.8 Å². The largest absolute Gasteiger partial charge is 0.495 e. The Labute approximate surface area is 205 Å². The summed E-state index contributed by atoms with van der Waals surface area (Å²) >= 11 is 0. The van der Waals surface area contributed by atoms with E-state index in [2.05, 4.69) is 14.8 Å². The zero-order valence-electron chi connectivity index (χ0n) is 20.6. The standard InChI is InChI=1S/C27H33N3O5/c1-19-24(26(31)28-22(27(32)34-3)18-20-8-5-4-6-9-20)21-10-7-11-23(33-2)25(21)30(19)13-12-29-14-16-35-17-15-29/h4-11,22H,12-18H2,1-3H3,(H,28,31)/t22-/m1/s1. The van der Waals surface area contributed by atoms with Crippen molar-refractivity contribution >= 4 is 22.8 Å². The smallest absolute Gasteiger partial charge is 0.328 e. The number of rotatable bonds is 9. The third-order valence-electron chi connectivity index (χ3n) is 6.57. The van der Waals surface area contributed by atoms with Gasteiger partial charge in [0, 0.05) is 43.7 Å². The van der Waals surface area contributed by atoms with Crippen LogP contribution in [0.25, 0.3) is 10.9 Å². The summed E-state index contributed by atoms with van der Waals surface area (Å²) in [6.45, 7) is 6.74. The first-order valence-electron chi connectivity index (χ1n) is 11.9. The monoisotopic (exact) mass is 479 g/mol. The van der Waals surface area contributed by atoms with Crippen LogP contribution in [0.2, 0.25) is 0 Å². The Kier molecular flexibility index (Phi) is 8.05. The van der Waals surface area contributed by atoms with Crippen molar-refractivity contribution in [2.24, 2.45) is 0 Å². The van der Waals surface area contributed by atoms with Crippen molar-refractivity contribution < 1.29 is 23.8 Å². The van der Waals surface area contributed by atoms with Crippen LogP contribution in [0.3, 0.4) is 0 Å². The highest BCUT2D eigenvalue weighted by atomic mass is 16.5. The van der Waals surface area contributed by atoms with E-state index in [1.165, 1.54) is 7.11 Å². The predicted octanol–water partition coefficient (Wildman–Crippen LogP) is 2.80. The Morgan fingerprint density at radius 1 is 1.03 bits per heavy atom. The van der Waals surface area contributed by atoms with Crippen molar-refractivity contribution in [3.63, 3.8) is 0 Å². The second kappa shape index (κ2) is 11.4. The summed E-state index contributed by atoms with van der Waals surface area (Å²) in [6, 6.07) is 14.5. The number of esters is 1. The number of para-hydroxylation sites is 1. The molecule has 3 aromatic rings. The van der Waals surface area contributed by atoms with Gasteiger partial charge in [0.15, 0.2) is 0 Å². The number of nitrogens with zero attached hydrogens (tertiary/aromatic N) is 2. The molecule has 0 bridgehead atoms. The maximum Gasteiger partial charge on any atom is 0.328 e. The van der Waals surface area contributed by atoms with E-state index in [0.29, 0.717) is 24.3 Å². The minimum absolute atomic E-state index is 0.308. The summed E-state index contributed by atoms with van der Waals surface area (Å²) in [6.07, 6.45) is 0.345. The van der Waals surface area contributed by atoms with Crippen LogP contribution in [0.15, 0.2) is 48.5 Å². The van der Waals surface area contributed by atoms with E-state index in [1.54, 1.807) is 7.11 Å². The third kappa shape index (κ3) is 5.49. The number of hydrogen-bond acceptors (Lipinski definition) is 6. The fourth-order valence-corrected chi connectivity index (χ4v) is 4.71. The van der Waals surface area contributed by atoms with Gasteiger partial charge in [-0.05, 0) is 18.6 Å². The van der Waals surface area contributed by atoms with E-state index in [0.717, 1.165) is 55.0 Å². The lowest BCUT2D eigenvalue weighted by molar-refractivity contribution is -0.142. The summed E-state index contributed by atoms with van der Waals surface area (Å²) in [5.74, 6) is -0.0777. The zero-order chi connectivity index (χ0) is 24.8. The number of amides is 1. The lowest BCUT2D eigenvalue weighted by atomic mass is 10.0. The Hall–Kier alpha value is -3.36. The minimum atomic E-state index is -0.799. The minimum Gasteiger partial charge on any atom is -0.495 e. The molecule has 0 unspecified atom stereocenters. The van der Waals surface area contributed by atoms with Crippen LogP contribution in [-0.2, 0) is 27.2 Å². The van der Waals surface area contributed by atoms with Gasteiger partial charge >= 0.3 is 5.97 Å². The van der Waals surface area contributed by atoms with Gasteiger partial charge < -0.3 is 24.1 Å². The van der Waals surface area contributed by atoms with E-state index in [-0.39, 0.29) is 5.91 Å². The van der Waals surface area contributed by atoms with Crippen LogP contribution in [-0.4, -0.2) is 74.5 Å². The molecule has 2 heterocycles. The number of nitrogens with one attached hydrogen (secondary N) is 1. The number of carbonyl (C=O) groups excluding carboxylic acids is 2. The number of aromatic nitrogens is 1. The summed E-state index contributed by atoms with van der Waals surface area (Å²) in [7, 11) is 2.97. The topological polar surface area (TPSA) is 82.0 Å². The van der Waals surface area contributed by atoms with Gasteiger partial charge in [-0.1, -0.05) is 42.5 Å². The fraction of sp³-hybridized carbons (Fsp3) is 0.407. The molecule has 0 saturated carbocycles. The second-order valence-corrected chi connectivity index (χ2v) is 8.66. The Balaban J connectivity index is 1.65. The van der Waals surface area contributed by atoms with Crippen LogP contribution < -0.4 is 10.1 Å². The predicted molar refractivity (Wildman–Crippen MR) is 134 cm³/mol. The van der Waals surface area contributed by atoms with E-state index < -0.39 is 12.0 Å². The highest BCUT2D eigenvalue weighted by molar-refractivity contribution is 6.10. The number of morpholine rings is 1. The van der Waals surface area contributed by atoms with Crippen LogP contribution >= 0.6 is 0 Å². The lowest BCUT2D eigenvalue weighted by Crippen LogP contribution is -2.43. The first-order valence-corrected chi connectivity index (χ1v) is 11.9. The molecule has 8 nitrogen and oxygen atoms in total. The Morgan fingerprint density at radius 2 is 1.77 bits per heavy atom.